The van der Waals surface area contributed by atoms with Crippen molar-refractivity contribution in [1.29, 1.82) is 0 Å². The largest absolute Gasteiger partial charge is 0.300 e. The first-order chi connectivity index (χ1) is 7.29. The van der Waals surface area contributed by atoms with Crippen LogP contribution in [0.15, 0.2) is 29.6 Å². The summed E-state index contributed by atoms with van der Waals surface area (Å²) in [7, 11) is 0. The first-order valence-corrected chi connectivity index (χ1v) is 5.50. The van der Waals surface area contributed by atoms with E-state index < -0.39 is 0 Å². The van der Waals surface area contributed by atoms with Crippen molar-refractivity contribution in [3.63, 3.8) is 0 Å². The van der Waals surface area contributed by atoms with Crippen molar-refractivity contribution in [3.8, 4) is 11.3 Å². The molecule has 1 aromatic heterocycles. The summed E-state index contributed by atoms with van der Waals surface area (Å²) >= 11 is 1.66. The van der Waals surface area contributed by atoms with Gasteiger partial charge in [0.15, 0.2) is 0 Å². The van der Waals surface area contributed by atoms with E-state index >= 15 is 0 Å². The van der Waals surface area contributed by atoms with Crippen LogP contribution < -0.4 is 5.90 Å². The van der Waals surface area contributed by atoms with Gasteiger partial charge in [0.1, 0.15) is 0 Å². The molecule has 0 bridgehead atoms. The zero-order valence-electron chi connectivity index (χ0n) is 8.43. The van der Waals surface area contributed by atoms with Gasteiger partial charge in [-0.1, -0.05) is 24.3 Å². The number of aromatic nitrogens is 1. The Morgan fingerprint density at radius 2 is 2.07 bits per heavy atom. The highest BCUT2D eigenvalue weighted by molar-refractivity contribution is 7.09. The van der Waals surface area contributed by atoms with E-state index in [1.165, 1.54) is 0 Å². The van der Waals surface area contributed by atoms with Crippen LogP contribution in [0, 0.1) is 6.92 Å². The maximum atomic E-state index is 5.00. The molecule has 1 heterocycles. The molecule has 4 heteroatoms. The van der Waals surface area contributed by atoms with E-state index in [1.54, 1.807) is 11.3 Å². The molecule has 1 aromatic carbocycles. The number of benzene rings is 1. The minimum atomic E-state index is 0.441. The van der Waals surface area contributed by atoms with Gasteiger partial charge >= 0.3 is 0 Å². The molecule has 2 aromatic rings. The van der Waals surface area contributed by atoms with Crippen LogP contribution in [0.4, 0.5) is 0 Å². The third-order valence-electron chi connectivity index (χ3n) is 2.12. The lowest BCUT2D eigenvalue weighted by Gasteiger charge is -2.00. The first kappa shape index (κ1) is 10.3. The molecule has 0 atom stereocenters. The quantitative estimate of drug-likeness (QED) is 0.808. The van der Waals surface area contributed by atoms with Crippen LogP contribution >= 0.6 is 11.3 Å². The second kappa shape index (κ2) is 4.53. The molecule has 0 aliphatic carbocycles. The average Bonchev–Trinajstić information content (AvgIpc) is 2.67. The van der Waals surface area contributed by atoms with E-state index in [9.17, 15) is 0 Å². The van der Waals surface area contributed by atoms with Gasteiger partial charge in [0.05, 0.1) is 17.3 Å². The fraction of sp³-hybridized carbons (Fsp3) is 0.182. The third kappa shape index (κ3) is 2.41. The number of thiazole rings is 1. The molecule has 0 saturated carbocycles. The Labute approximate surface area is 92.5 Å². The van der Waals surface area contributed by atoms with E-state index in [4.69, 9.17) is 5.90 Å². The topological polar surface area (TPSA) is 48.1 Å². The van der Waals surface area contributed by atoms with E-state index in [1.807, 2.05) is 31.2 Å². The van der Waals surface area contributed by atoms with Crippen molar-refractivity contribution in [3.05, 3.63) is 40.2 Å². The standard InChI is InChI=1S/C11H12N2OS/c1-8-13-11(7-15-8)10-4-2-9(3-5-10)6-14-12/h2-5,7H,6,12H2,1H3. The number of rotatable bonds is 3. The van der Waals surface area contributed by atoms with Gasteiger partial charge in [0.25, 0.3) is 0 Å². The Balaban J connectivity index is 2.23. The Morgan fingerprint density at radius 1 is 1.33 bits per heavy atom. The van der Waals surface area contributed by atoms with Crippen LogP contribution in [0.3, 0.4) is 0 Å². The van der Waals surface area contributed by atoms with E-state index in [0.717, 1.165) is 21.8 Å². The number of nitrogens with two attached hydrogens (primary N) is 1. The monoisotopic (exact) mass is 220 g/mol. The number of hydrogen-bond donors (Lipinski definition) is 1. The van der Waals surface area contributed by atoms with E-state index in [2.05, 4.69) is 15.2 Å². The molecule has 0 fully saturated rings. The molecule has 0 aliphatic rings. The molecule has 2 N–H and O–H groups in total. The summed E-state index contributed by atoms with van der Waals surface area (Å²) in [6.07, 6.45) is 0. The molecule has 0 radical (unpaired) electrons. The fourth-order valence-electron chi connectivity index (χ4n) is 1.36. The predicted molar refractivity (Wildman–Crippen MR) is 61.3 cm³/mol. The molecule has 15 heavy (non-hydrogen) atoms. The Hall–Kier alpha value is -1.23. The molecule has 0 aliphatic heterocycles. The highest BCUT2D eigenvalue weighted by Gasteiger charge is 2.01. The SMILES string of the molecule is Cc1nc(-c2ccc(CON)cc2)cs1. The second-order valence-corrected chi connectivity index (χ2v) is 4.32. The second-order valence-electron chi connectivity index (χ2n) is 3.26. The summed E-state index contributed by atoms with van der Waals surface area (Å²) in [4.78, 5) is 8.98. The summed E-state index contributed by atoms with van der Waals surface area (Å²) in [6, 6.07) is 8.06. The highest BCUT2D eigenvalue weighted by atomic mass is 32.1. The first-order valence-electron chi connectivity index (χ1n) is 4.63. The number of hydrogen-bond acceptors (Lipinski definition) is 4. The summed E-state index contributed by atoms with van der Waals surface area (Å²) in [5.74, 6) is 5.00. The van der Waals surface area contributed by atoms with Gasteiger partial charge in [-0.15, -0.1) is 11.3 Å². The van der Waals surface area contributed by atoms with Crippen molar-refractivity contribution >= 4 is 11.3 Å². The summed E-state index contributed by atoms with van der Waals surface area (Å²) < 4.78 is 0. The van der Waals surface area contributed by atoms with Crippen molar-refractivity contribution in [1.82, 2.24) is 4.98 Å². The van der Waals surface area contributed by atoms with Crippen LogP contribution in [0.5, 0.6) is 0 Å². The number of aryl methyl sites for hydroxylation is 1. The molecular weight excluding hydrogens is 208 g/mol. The zero-order chi connectivity index (χ0) is 10.7. The van der Waals surface area contributed by atoms with Gasteiger partial charge in [-0.2, -0.15) is 0 Å². The van der Waals surface area contributed by atoms with Crippen LogP contribution in [-0.2, 0) is 11.4 Å². The normalized spacial score (nSPS) is 10.5. The Morgan fingerprint density at radius 3 is 2.60 bits per heavy atom. The van der Waals surface area contributed by atoms with Gasteiger partial charge in [-0.3, -0.25) is 4.84 Å². The lowest BCUT2D eigenvalue weighted by Crippen LogP contribution is -1.98. The van der Waals surface area contributed by atoms with Gasteiger partial charge in [0.2, 0.25) is 0 Å². The molecule has 0 spiro atoms. The van der Waals surface area contributed by atoms with Crippen LogP contribution in [-0.4, -0.2) is 4.98 Å². The smallest absolute Gasteiger partial charge is 0.0930 e. The number of nitrogens with zero attached hydrogens (tertiary/aromatic N) is 1. The van der Waals surface area contributed by atoms with Crippen LogP contribution in [0.25, 0.3) is 11.3 Å². The van der Waals surface area contributed by atoms with E-state index in [-0.39, 0.29) is 0 Å². The molecule has 2 rings (SSSR count). The minimum Gasteiger partial charge on any atom is -0.300 e. The fourth-order valence-corrected chi connectivity index (χ4v) is 1.99. The van der Waals surface area contributed by atoms with Crippen molar-refractivity contribution < 1.29 is 4.84 Å². The van der Waals surface area contributed by atoms with Gasteiger partial charge in [-0.05, 0) is 12.5 Å². The molecule has 78 valence electrons. The summed E-state index contributed by atoms with van der Waals surface area (Å²) in [5.41, 5.74) is 3.21. The summed E-state index contributed by atoms with van der Waals surface area (Å²) in [5, 5.41) is 3.14. The van der Waals surface area contributed by atoms with E-state index in [0.29, 0.717) is 6.61 Å². The van der Waals surface area contributed by atoms with Crippen LogP contribution in [0.1, 0.15) is 10.6 Å². The Bertz CT molecular complexity index is 436. The Kier molecular flexibility index (Phi) is 3.11. The molecule has 0 saturated heterocycles. The maximum Gasteiger partial charge on any atom is 0.0930 e. The van der Waals surface area contributed by atoms with Gasteiger partial charge < -0.3 is 0 Å². The highest BCUT2D eigenvalue weighted by Crippen LogP contribution is 2.21. The van der Waals surface area contributed by atoms with Gasteiger partial charge in [0, 0.05) is 10.9 Å². The van der Waals surface area contributed by atoms with Gasteiger partial charge in [-0.25, -0.2) is 10.9 Å². The van der Waals surface area contributed by atoms with Crippen molar-refractivity contribution in [2.75, 3.05) is 0 Å². The van der Waals surface area contributed by atoms with Crippen LogP contribution in [0.2, 0.25) is 0 Å². The lowest BCUT2D eigenvalue weighted by atomic mass is 10.1. The molecule has 0 amide bonds. The maximum absolute atomic E-state index is 5.00. The molecule has 0 unspecified atom stereocenters. The predicted octanol–water partition coefficient (Wildman–Crippen LogP) is 2.51. The van der Waals surface area contributed by atoms with Crippen molar-refractivity contribution in [2.45, 2.75) is 13.5 Å². The van der Waals surface area contributed by atoms with Crippen molar-refractivity contribution in [2.24, 2.45) is 5.90 Å². The molecular formula is C11H12N2OS. The average molecular weight is 220 g/mol. The molecule has 3 nitrogen and oxygen atoms in total. The zero-order valence-corrected chi connectivity index (χ0v) is 9.25. The lowest BCUT2D eigenvalue weighted by molar-refractivity contribution is 0.124. The third-order valence-corrected chi connectivity index (χ3v) is 2.89. The summed E-state index contributed by atoms with van der Waals surface area (Å²) in [6.45, 7) is 2.45. The minimum absolute atomic E-state index is 0.441.